The lowest BCUT2D eigenvalue weighted by Crippen LogP contribution is -2.68. The summed E-state index contributed by atoms with van der Waals surface area (Å²) in [6.07, 6.45) is 4.00. The molecule has 1 aliphatic carbocycles. The molecular weight excluding hydrogens is 493 g/mol. The van der Waals surface area contributed by atoms with Crippen molar-refractivity contribution in [1.82, 2.24) is 10.6 Å². The summed E-state index contributed by atoms with van der Waals surface area (Å²) in [5.41, 5.74) is 1.25. The highest BCUT2D eigenvalue weighted by atomic mass is 127. The molecule has 0 bridgehead atoms. The van der Waals surface area contributed by atoms with Gasteiger partial charge in [0.25, 0.3) is 0 Å². The average molecular weight is 525 g/mol. The second-order valence-corrected chi connectivity index (χ2v) is 8.46. The van der Waals surface area contributed by atoms with Gasteiger partial charge in [-0.1, -0.05) is 26.0 Å². The number of halogens is 1. The largest absolute Gasteiger partial charge is 0.497 e. The Labute approximate surface area is 195 Å². The van der Waals surface area contributed by atoms with Gasteiger partial charge in [0.2, 0.25) is 0 Å². The van der Waals surface area contributed by atoms with Crippen molar-refractivity contribution in [3.05, 3.63) is 54.0 Å². The number of benzene rings is 1. The zero-order chi connectivity index (χ0) is 20.3. The first-order valence-corrected chi connectivity index (χ1v) is 10.4. The number of rotatable bonds is 7. The minimum Gasteiger partial charge on any atom is -0.497 e. The van der Waals surface area contributed by atoms with Gasteiger partial charge in [-0.25, -0.2) is 4.99 Å². The lowest BCUT2D eigenvalue weighted by molar-refractivity contribution is -0.106. The number of nitrogens with one attached hydrogen (secondary N) is 2. The molecule has 0 spiro atoms. The van der Waals surface area contributed by atoms with Gasteiger partial charge in [0.1, 0.15) is 11.5 Å². The summed E-state index contributed by atoms with van der Waals surface area (Å²) in [5.74, 6) is 3.23. The van der Waals surface area contributed by atoms with Crippen LogP contribution in [0.4, 0.5) is 0 Å². The second kappa shape index (κ2) is 10.0. The number of methoxy groups -OCH3 is 1. The van der Waals surface area contributed by atoms with Crippen molar-refractivity contribution < 1.29 is 13.9 Å². The minimum atomic E-state index is 0. The van der Waals surface area contributed by atoms with E-state index in [1.54, 1.807) is 13.4 Å². The SMILES string of the molecule is COc1ccc(CN=C(NCCc2ccco2)NC2C3CCOC3C2(C)C)cc1.I. The second-order valence-electron chi connectivity index (χ2n) is 8.46. The first kappa shape index (κ1) is 22.9. The number of guanidine groups is 1. The molecule has 2 heterocycles. The monoisotopic (exact) mass is 525 g/mol. The summed E-state index contributed by atoms with van der Waals surface area (Å²) in [6, 6.07) is 12.3. The molecule has 30 heavy (non-hydrogen) atoms. The third-order valence-corrected chi connectivity index (χ3v) is 6.22. The summed E-state index contributed by atoms with van der Waals surface area (Å²) in [7, 11) is 1.68. The van der Waals surface area contributed by atoms with Crippen LogP contribution in [0, 0.1) is 11.3 Å². The fourth-order valence-corrected chi connectivity index (χ4v) is 4.58. The number of hydrogen-bond donors (Lipinski definition) is 2. The zero-order valence-electron chi connectivity index (χ0n) is 17.9. The van der Waals surface area contributed by atoms with Crippen LogP contribution >= 0.6 is 24.0 Å². The van der Waals surface area contributed by atoms with Crippen LogP contribution in [0.25, 0.3) is 0 Å². The summed E-state index contributed by atoms with van der Waals surface area (Å²) in [5, 5.41) is 7.17. The summed E-state index contributed by atoms with van der Waals surface area (Å²) in [6.45, 7) is 6.79. The maximum Gasteiger partial charge on any atom is 0.191 e. The quantitative estimate of drug-likeness (QED) is 0.325. The molecule has 6 nitrogen and oxygen atoms in total. The standard InChI is InChI=1S/C23H31N3O3.HI/c1-23(2)20(19-11-14-29-21(19)23)26-22(24-12-10-18-5-4-13-28-18)25-15-16-6-8-17(27-3)9-7-16;/h4-9,13,19-21H,10-12,14-15H2,1-3H3,(H2,24,25,26);1H. The van der Waals surface area contributed by atoms with Gasteiger partial charge in [-0.05, 0) is 36.2 Å². The van der Waals surface area contributed by atoms with Crippen molar-refractivity contribution in [3.8, 4) is 5.75 Å². The van der Waals surface area contributed by atoms with Gasteiger partial charge >= 0.3 is 0 Å². The van der Waals surface area contributed by atoms with Gasteiger partial charge in [0.15, 0.2) is 5.96 Å². The van der Waals surface area contributed by atoms with E-state index in [-0.39, 0.29) is 29.4 Å². The summed E-state index contributed by atoms with van der Waals surface area (Å²) in [4.78, 5) is 4.85. The molecule has 1 aromatic carbocycles. The van der Waals surface area contributed by atoms with E-state index in [4.69, 9.17) is 18.9 Å². The molecule has 0 radical (unpaired) electrons. The Morgan fingerprint density at radius 1 is 1.23 bits per heavy atom. The van der Waals surface area contributed by atoms with Gasteiger partial charge in [0, 0.05) is 36.9 Å². The van der Waals surface area contributed by atoms with Crippen LogP contribution in [0.5, 0.6) is 5.75 Å². The van der Waals surface area contributed by atoms with Crippen LogP contribution in [-0.2, 0) is 17.7 Å². The first-order valence-electron chi connectivity index (χ1n) is 10.4. The Bertz CT molecular complexity index is 821. The Hall–Kier alpha value is -1.74. The molecule has 7 heteroatoms. The van der Waals surface area contributed by atoms with Gasteiger partial charge in [0.05, 0.1) is 26.0 Å². The van der Waals surface area contributed by atoms with Crippen LogP contribution in [0.3, 0.4) is 0 Å². The molecule has 0 amide bonds. The third kappa shape index (κ3) is 4.94. The Balaban J connectivity index is 0.00000256. The highest BCUT2D eigenvalue weighted by Gasteiger charge is 2.59. The highest BCUT2D eigenvalue weighted by molar-refractivity contribution is 14.0. The lowest BCUT2D eigenvalue weighted by Gasteiger charge is -2.54. The molecule has 2 aromatic rings. The van der Waals surface area contributed by atoms with Crippen LogP contribution in [0.2, 0.25) is 0 Å². The van der Waals surface area contributed by atoms with Crippen molar-refractivity contribution in [2.75, 3.05) is 20.3 Å². The molecule has 1 aliphatic heterocycles. The number of hydrogen-bond acceptors (Lipinski definition) is 4. The smallest absolute Gasteiger partial charge is 0.191 e. The fourth-order valence-electron chi connectivity index (χ4n) is 4.58. The van der Waals surface area contributed by atoms with Crippen LogP contribution < -0.4 is 15.4 Å². The number of ether oxygens (including phenoxy) is 2. The molecule has 3 unspecified atom stereocenters. The maximum absolute atomic E-state index is 5.94. The topological polar surface area (TPSA) is 68.0 Å². The number of aliphatic imine (C=N–C) groups is 1. The first-order chi connectivity index (χ1) is 14.1. The normalized spacial score (nSPS) is 24.4. The van der Waals surface area contributed by atoms with Crippen molar-refractivity contribution in [1.29, 1.82) is 0 Å². The van der Waals surface area contributed by atoms with Crippen LogP contribution in [-0.4, -0.2) is 38.4 Å². The van der Waals surface area contributed by atoms with Gasteiger partial charge < -0.3 is 24.5 Å². The number of furan rings is 1. The summed E-state index contributed by atoms with van der Waals surface area (Å²) < 4.78 is 16.6. The number of nitrogens with zero attached hydrogens (tertiary/aromatic N) is 1. The molecule has 1 saturated heterocycles. The summed E-state index contributed by atoms with van der Waals surface area (Å²) >= 11 is 0. The predicted octanol–water partition coefficient (Wildman–Crippen LogP) is 4.00. The molecule has 2 fully saturated rings. The van der Waals surface area contributed by atoms with Crippen LogP contribution in [0.1, 0.15) is 31.6 Å². The van der Waals surface area contributed by atoms with Crippen molar-refractivity contribution >= 4 is 29.9 Å². The molecule has 3 atom stereocenters. The van der Waals surface area contributed by atoms with Crippen LogP contribution in [0.15, 0.2) is 52.1 Å². The van der Waals surface area contributed by atoms with Gasteiger partial charge in [-0.15, -0.1) is 24.0 Å². The van der Waals surface area contributed by atoms with E-state index in [0.29, 0.717) is 24.6 Å². The Morgan fingerprint density at radius 3 is 2.73 bits per heavy atom. The average Bonchev–Trinajstić information content (AvgIpc) is 3.41. The van der Waals surface area contributed by atoms with E-state index in [1.807, 2.05) is 24.3 Å². The van der Waals surface area contributed by atoms with E-state index in [0.717, 1.165) is 49.0 Å². The maximum atomic E-state index is 5.94. The minimum absolute atomic E-state index is 0. The fraction of sp³-hybridized carbons (Fsp3) is 0.522. The lowest BCUT2D eigenvalue weighted by atomic mass is 9.57. The molecule has 2 N–H and O–H groups in total. The zero-order valence-corrected chi connectivity index (χ0v) is 20.2. The Morgan fingerprint density at radius 2 is 2.03 bits per heavy atom. The van der Waals surface area contributed by atoms with Gasteiger partial charge in [-0.3, -0.25) is 0 Å². The highest BCUT2D eigenvalue weighted by Crippen LogP contribution is 2.52. The Kier molecular flexibility index (Phi) is 7.68. The van der Waals surface area contributed by atoms with E-state index < -0.39 is 0 Å². The van der Waals surface area contributed by atoms with Crippen molar-refractivity contribution in [2.24, 2.45) is 16.3 Å². The molecule has 4 rings (SSSR count). The van der Waals surface area contributed by atoms with Crippen molar-refractivity contribution in [2.45, 2.75) is 45.4 Å². The van der Waals surface area contributed by atoms with E-state index in [2.05, 4.69) is 36.6 Å². The van der Waals surface area contributed by atoms with E-state index in [9.17, 15) is 0 Å². The molecule has 1 aromatic heterocycles. The van der Waals surface area contributed by atoms with E-state index >= 15 is 0 Å². The van der Waals surface area contributed by atoms with Gasteiger partial charge in [-0.2, -0.15) is 0 Å². The number of fused-ring (bicyclic) bond motifs is 1. The van der Waals surface area contributed by atoms with Crippen molar-refractivity contribution in [3.63, 3.8) is 0 Å². The molecule has 2 aliphatic rings. The molecule has 164 valence electrons. The predicted molar refractivity (Wildman–Crippen MR) is 129 cm³/mol. The van der Waals surface area contributed by atoms with E-state index in [1.165, 1.54) is 0 Å². The molecule has 1 saturated carbocycles. The third-order valence-electron chi connectivity index (χ3n) is 6.22. The molecular formula is C23H32IN3O3.